The van der Waals surface area contributed by atoms with Crippen LogP contribution >= 0.6 is 0 Å². The van der Waals surface area contributed by atoms with Crippen LogP contribution in [-0.2, 0) is 6.54 Å². The molecule has 1 aliphatic heterocycles. The number of aromatic amines is 1. The molecule has 0 spiro atoms. The van der Waals surface area contributed by atoms with E-state index in [1.54, 1.807) is 0 Å². The highest BCUT2D eigenvalue weighted by atomic mass is 16.5. The van der Waals surface area contributed by atoms with Gasteiger partial charge in [0.05, 0.1) is 5.92 Å². The highest BCUT2D eigenvalue weighted by Crippen LogP contribution is 2.37. The number of aryl methyl sites for hydroxylation is 1. The van der Waals surface area contributed by atoms with E-state index < -0.39 is 0 Å². The van der Waals surface area contributed by atoms with Gasteiger partial charge in [-0.25, -0.2) is 4.79 Å². The van der Waals surface area contributed by atoms with Gasteiger partial charge in [0.1, 0.15) is 0 Å². The van der Waals surface area contributed by atoms with E-state index in [1.807, 2.05) is 4.68 Å². The molecule has 2 heterocycles. The first-order valence-corrected chi connectivity index (χ1v) is 5.11. The Morgan fingerprint density at radius 2 is 2.21 bits per heavy atom. The molecule has 1 unspecified atom stereocenters. The van der Waals surface area contributed by atoms with Gasteiger partial charge in [-0.15, -0.1) is 0 Å². The Labute approximate surface area is 82.9 Å². The van der Waals surface area contributed by atoms with Crippen molar-refractivity contribution in [3.8, 4) is 0 Å². The van der Waals surface area contributed by atoms with Gasteiger partial charge >= 0.3 is 5.63 Å². The van der Waals surface area contributed by atoms with Crippen LogP contribution in [0.2, 0.25) is 0 Å². The molecule has 0 amide bonds. The molecule has 1 atom stereocenters. The summed E-state index contributed by atoms with van der Waals surface area (Å²) in [5.74, 6) is 0.304. The second-order valence-electron chi connectivity index (χ2n) is 5.08. The topological polar surface area (TPSA) is 49.9 Å². The zero-order valence-corrected chi connectivity index (χ0v) is 8.96. The normalized spacial score (nSPS) is 22.1. The fraction of sp³-hybridized carbons (Fsp3) is 0.800. The van der Waals surface area contributed by atoms with E-state index in [4.69, 9.17) is 4.52 Å². The second kappa shape index (κ2) is 2.97. The molecule has 0 fully saturated rings. The molecule has 0 saturated carbocycles. The van der Waals surface area contributed by atoms with Gasteiger partial charge in [0.2, 0.25) is 0 Å². The lowest BCUT2D eigenvalue weighted by atomic mass is 9.75. The summed E-state index contributed by atoms with van der Waals surface area (Å²) in [5, 5.41) is 2.66. The van der Waals surface area contributed by atoms with E-state index in [9.17, 15) is 4.79 Å². The molecule has 1 aromatic rings. The molecule has 0 saturated heterocycles. The highest BCUT2D eigenvalue weighted by Gasteiger charge is 2.40. The van der Waals surface area contributed by atoms with Crippen molar-refractivity contribution in [1.29, 1.82) is 0 Å². The summed E-state index contributed by atoms with van der Waals surface area (Å²) in [7, 11) is 0. The van der Waals surface area contributed by atoms with E-state index in [-0.39, 0.29) is 11.0 Å². The molecule has 0 aromatic carbocycles. The van der Waals surface area contributed by atoms with Crippen LogP contribution in [-0.4, -0.2) is 5.27 Å². The summed E-state index contributed by atoms with van der Waals surface area (Å²) in [5.41, 5.74) is 0.729. The quantitative estimate of drug-likeness (QED) is 0.635. The molecule has 0 radical (unpaired) electrons. The van der Waals surface area contributed by atoms with Crippen molar-refractivity contribution >= 4 is 0 Å². The maximum absolute atomic E-state index is 11.5. The van der Waals surface area contributed by atoms with E-state index >= 15 is 0 Å². The van der Waals surface area contributed by atoms with Crippen molar-refractivity contribution in [3.63, 3.8) is 0 Å². The number of fused-ring (bicyclic) bond motifs is 1. The number of hydrogen-bond donors (Lipinski definition) is 1. The Kier molecular flexibility index (Phi) is 2.01. The monoisotopic (exact) mass is 197 g/mol. The summed E-state index contributed by atoms with van der Waals surface area (Å²) >= 11 is 0. The predicted octanol–water partition coefficient (Wildman–Crippen LogP) is 1.18. The fourth-order valence-corrected chi connectivity index (χ4v) is 2.24. The number of aromatic nitrogens is 2. The smallest absolute Gasteiger partial charge is 0.283 e. The first-order chi connectivity index (χ1) is 6.50. The number of H-pyrrole nitrogens is 1. The number of nitrogens with one attached hydrogen (secondary N) is 1. The molecule has 0 aliphatic carbocycles. The minimum Gasteiger partial charge on any atom is -0.283 e. The molecule has 0 bridgehead atoms. The van der Waals surface area contributed by atoms with Crippen LogP contribution in [0.3, 0.4) is 0 Å². The third-order valence-electron chi connectivity index (χ3n) is 3.00. The lowest BCUT2D eigenvalue weighted by Crippen LogP contribution is -2.48. The maximum Gasteiger partial charge on any atom is 0.430 e. The molecular weight excluding hydrogens is 180 g/mol. The van der Waals surface area contributed by atoms with E-state index in [0.29, 0.717) is 5.92 Å². The largest absolute Gasteiger partial charge is 0.430 e. The Morgan fingerprint density at radius 3 is 2.86 bits per heavy atom. The average Bonchev–Trinajstić information content (AvgIpc) is 2.46. The summed E-state index contributed by atoms with van der Waals surface area (Å²) in [6.45, 7) is 7.37. The van der Waals surface area contributed by atoms with Gasteiger partial charge in [-0.3, -0.25) is 4.52 Å². The minimum absolute atomic E-state index is 0.124. The molecule has 4 nitrogen and oxygen atoms in total. The first-order valence-electron chi connectivity index (χ1n) is 5.11. The van der Waals surface area contributed by atoms with Gasteiger partial charge < -0.3 is 0 Å². The van der Waals surface area contributed by atoms with Gasteiger partial charge in [0.25, 0.3) is 5.69 Å². The SMILES string of the molecule is CC(C)(C)C1CCC[n+]2[nH]oc(=O)c21. The Hall–Kier alpha value is -1.06. The molecule has 14 heavy (non-hydrogen) atoms. The van der Waals surface area contributed by atoms with E-state index in [2.05, 4.69) is 26.0 Å². The van der Waals surface area contributed by atoms with E-state index in [0.717, 1.165) is 25.1 Å². The standard InChI is InChI=1S/C10H16N2O2/c1-10(2,3)7-5-4-6-12-8(7)9(13)14-11-12/h7H,4-6H2,1-3H3/p+1. The lowest BCUT2D eigenvalue weighted by Gasteiger charge is -2.28. The number of nitrogens with zero attached hydrogens (tertiary/aromatic N) is 1. The molecule has 1 aliphatic rings. The highest BCUT2D eigenvalue weighted by molar-refractivity contribution is 5.01. The van der Waals surface area contributed by atoms with Gasteiger partial charge in [0.15, 0.2) is 6.54 Å². The van der Waals surface area contributed by atoms with Crippen LogP contribution in [0.1, 0.15) is 45.2 Å². The van der Waals surface area contributed by atoms with Crippen LogP contribution in [0, 0.1) is 5.41 Å². The Morgan fingerprint density at radius 1 is 1.50 bits per heavy atom. The zero-order valence-electron chi connectivity index (χ0n) is 8.96. The van der Waals surface area contributed by atoms with Crippen LogP contribution < -0.4 is 10.3 Å². The van der Waals surface area contributed by atoms with Crippen molar-refractivity contribution in [1.82, 2.24) is 5.27 Å². The number of rotatable bonds is 0. The second-order valence-corrected chi connectivity index (χ2v) is 5.08. The summed E-state index contributed by atoms with van der Waals surface area (Å²) < 4.78 is 6.67. The van der Waals surface area contributed by atoms with Crippen LogP contribution in [0.5, 0.6) is 0 Å². The molecule has 2 rings (SSSR count). The van der Waals surface area contributed by atoms with Crippen molar-refractivity contribution < 1.29 is 9.20 Å². The molecular formula is C10H17N2O2+. The maximum atomic E-state index is 11.5. The lowest BCUT2D eigenvalue weighted by molar-refractivity contribution is -0.774. The fourth-order valence-electron chi connectivity index (χ4n) is 2.24. The van der Waals surface area contributed by atoms with E-state index in [1.165, 1.54) is 0 Å². The Balaban J connectivity index is 2.49. The van der Waals surface area contributed by atoms with Gasteiger partial charge in [0, 0.05) is 6.42 Å². The molecule has 1 N–H and O–H groups in total. The molecule has 78 valence electrons. The van der Waals surface area contributed by atoms with Gasteiger partial charge in [-0.1, -0.05) is 25.5 Å². The first kappa shape index (κ1) is 9.49. The van der Waals surface area contributed by atoms with Crippen molar-refractivity contribution in [2.24, 2.45) is 5.41 Å². The average molecular weight is 197 g/mol. The summed E-state index contributed by atoms with van der Waals surface area (Å²) in [4.78, 5) is 11.5. The third kappa shape index (κ3) is 1.38. The predicted molar refractivity (Wildman–Crippen MR) is 51.0 cm³/mol. The van der Waals surface area contributed by atoms with Gasteiger partial charge in [-0.2, -0.15) is 0 Å². The Bertz CT molecular complexity index is 384. The third-order valence-corrected chi connectivity index (χ3v) is 3.00. The van der Waals surface area contributed by atoms with Gasteiger partial charge in [-0.05, 0) is 17.1 Å². The van der Waals surface area contributed by atoms with Crippen LogP contribution in [0.4, 0.5) is 0 Å². The molecule has 1 aromatic heterocycles. The zero-order chi connectivity index (χ0) is 10.3. The minimum atomic E-state index is -0.204. The summed E-state index contributed by atoms with van der Waals surface area (Å²) in [6, 6.07) is 0. The molecule has 4 heteroatoms. The van der Waals surface area contributed by atoms with Crippen molar-refractivity contribution in [2.75, 3.05) is 0 Å². The van der Waals surface area contributed by atoms with Crippen molar-refractivity contribution in [3.05, 3.63) is 16.1 Å². The van der Waals surface area contributed by atoms with Crippen LogP contribution in [0.15, 0.2) is 9.32 Å². The van der Waals surface area contributed by atoms with Crippen LogP contribution in [0.25, 0.3) is 0 Å². The summed E-state index contributed by atoms with van der Waals surface area (Å²) in [6.07, 6.45) is 2.18. The van der Waals surface area contributed by atoms with Crippen molar-refractivity contribution in [2.45, 2.75) is 46.1 Å². The number of hydrogen-bond acceptors (Lipinski definition) is 2.